The fraction of sp³-hybridized carbons (Fsp3) is 0.238. The fourth-order valence-electron chi connectivity index (χ4n) is 2.96. The van der Waals surface area contributed by atoms with Crippen molar-refractivity contribution in [1.29, 1.82) is 0 Å². The number of carbonyl (C=O) groups excluding carboxylic acids is 2. The molecule has 2 N–H and O–H groups in total. The lowest BCUT2D eigenvalue weighted by molar-refractivity contribution is -0.127. The lowest BCUT2D eigenvalue weighted by atomic mass is 10.1. The molecular formula is C21H23N3O3S. The molecular weight excluding hydrogens is 374 g/mol. The van der Waals surface area contributed by atoms with Crippen LogP contribution in [0.25, 0.3) is 0 Å². The first-order chi connectivity index (χ1) is 13.6. The SMILES string of the molecule is C=CCSc1ccccc1NC(=O)CN1C[C@H](C(=O)NC)Oc2ccccc21. The summed E-state index contributed by atoms with van der Waals surface area (Å²) in [4.78, 5) is 27.7. The molecule has 0 bridgehead atoms. The highest BCUT2D eigenvalue weighted by Gasteiger charge is 2.31. The first-order valence-corrected chi connectivity index (χ1v) is 9.95. The molecule has 1 aliphatic heterocycles. The Morgan fingerprint density at radius 2 is 2.00 bits per heavy atom. The van der Waals surface area contributed by atoms with Crippen LogP contribution in [0.4, 0.5) is 11.4 Å². The van der Waals surface area contributed by atoms with Crippen LogP contribution >= 0.6 is 11.8 Å². The number of fused-ring (bicyclic) bond motifs is 1. The first kappa shape index (κ1) is 19.8. The van der Waals surface area contributed by atoms with Crippen molar-refractivity contribution in [1.82, 2.24) is 5.32 Å². The Morgan fingerprint density at radius 1 is 1.25 bits per heavy atom. The summed E-state index contributed by atoms with van der Waals surface area (Å²) < 4.78 is 5.78. The van der Waals surface area contributed by atoms with Crippen molar-refractivity contribution < 1.29 is 14.3 Å². The smallest absolute Gasteiger partial charge is 0.262 e. The Labute approximate surface area is 168 Å². The maximum Gasteiger partial charge on any atom is 0.262 e. The van der Waals surface area contributed by atoms with E-state index in [1.54, 1.807) is 24.9 Å². The van der Waals surface area contributed by atoms with E-state index in [4.69, 9.17) is 4.74 Å². The normalized spacial score (nSPS) is 15.2. The van der Waals surface area contributed by atoms with Crippen molar-refractivity contribution in [2.45, 2.75) is 11.0 Å². The molecule has 1 atom stereocenters. The second-order valence-corrected chi connectivity index (χ2v) is 7.27. The molecule has 0 saturated heterocycles. The molecule has 2 amide bonds. The minimum absolute atomic E-state index is 0.119. The third-order valence-corrected chi connectivity index (χ3v) is 5.32. The van der Waals surface area contributed by atoms with Gasteiger partial charge in [0.25, 0.3) is 5.91 Å². The van der Waals surface area contributed by atoms with Gasteiger partial charge in [0.05, 0.1) is 24.5 Å². The van der Waals surface area contributed by atoms with Crippen LogP contribution in [0.15, 0.2) is 66.1 Å². The van der Waals surface area contributed by atoms with Crippen LogP contribution in [0.3, 0.4) is 0 Å². The van der Waals surface area contributed by atoms with E-state index < -0.39 is 6.10 Å². The monoisotopic (exact) mass is 397 g/mol. The summed E-state index contributed by atoms with van der Waals surface area (Å²) in [6, 6.07) is 15.1. The molecule has 146 valence electrons. The van der Waals surface area contributed by atoms with E-state index >= 15 is 0 Å². The van der Waals surface area contributed by atoms with Gasteiger partial charge >= 0.3 is 0 Å². The number of ether oxygens (including phenoxy) is 1. The molecule has 1 heterocycles. The highest BCUT2D eigenvalue weighted by atomic mass is 32.2. The van der Waals surface area contributed by atoms with Gasteiger partial charge in [-0.1, -0.05) is 30.3 Å². The van der Waals surface area contributed by atoms with Gasteiger partial charge in [-0.15, -0.1) is 18.3 Å². The maximum absolute atomic E-state index is 12.7. The Balaban J connectivity index is 1.74. The quantitative estimate of drug-likeness (QED) is 0.555. The lowest BCUT2D eigenvalue weighted by Crippen LogP contribution is -2.50. The third kappa shape index (κ3) is 4.67. The van der Waals surface area contributed by atoms with Crippen LogP contribution < -0.4 is 20.3 Å². The largest absolute Gasteiger partial charge is 0.477 e. The summed E-state index contributed by atoms with van der Waals surface area (Å²) in [5.74, 6) is 0.986. The Bertz CT molecular complexity index is 871. The number of nitrogens with zero attached hydrogens (tertiary/aromatic N) is 1. The molecule has 0 fully saturated rings. The van der Waals surface area contributed by atoms with Gasteiger partial charge in [-0.2, -0.15) is 0 Å². The fourth-order valence-corrected chi connectivity index (χ4v) is 3.71. The van der Waals surface area contributed by atoms with E-state index in [0.29, 0.717) is 12.3 Å². The van der Waals surface area contributed by atoms with Gasteiger partial charge in [-0.3, -0.25) is 9.59 Å². The predicted octanol–water partition coefficient (Wildman–Crippen LogP) is 2.92. The number of thioether (sulfide) groups is 1. The number of benzene rings is 2. The molecule has 7 heteroatoms. The van der Waals surface area contributed by atoms with Gasteiger partial charge in [0.15, 0.2) is 6.10 Å². The summed E-state index contributed by atoms with van der Waals surface area (Å²) in [6.45, 7) is 4.16. The van der Waals surface area contributed by atoms with Gasteiger partial charge in [-0.25, -0.2) is 0 Å². The molecule has 0 unspecified atom stereocenters. The summed E-state index contributed by atoms with van der Waals surface area (Å²) in [5, 5.41) is 5.58. The second-order valence-electron chi connectivity index (χ2n) is 6.21. The van der Waals surface area contributed by atoms with Crippen LogP contribution in [0.2, 0.25) is 0 Å². The van der Waals surface area contributed by atoms with Crippen molar-refractivity contribution in [2.24, 2.45) is 0 Å². The van der Waals surface area contributed by atoms with Crippen LogP contribution in [-0.2, 0) is 9.59 Å². The molecule has 0 spiro atoms. The molecule has 2 aromatic carbocycles. The van der Waals surface area contributed by atoms with E-state index in [2.05, 4.69) is 17.2 Å². The van der Waals surface area contributed by atoms with Crippen molar-refractivity contribution >= 4 is 35.0 Å². The summed E-state index contributed by atoms with van der Waals surface area (Å²) in [7, 11) is 1.57. The van der Waals surface area contributed by atoms with Crippen molar-refractivity contribution in [3.63, 3.8) is 0 Å². The highest BCUT2D eigenvalue weighted by Crippen LogP contribution is 2.33. The van der Waals surface area contributed by atoms with Crippen LogP contribution in [-0.4, -0.2) is 43.8 Å². The second kappa shape index (κ2) is 9.32. The van der Waals surface area contributed by atoms with Gasteiger partial charge < -0.3 is 20.3 Å². The van der Waals surface area contributed by atoms with E-state index in [1.165, 1.54) is 0 Å². The van der Waals surface area contributed by atoms with Crippen LogP contribution in [0.5, 0.6) is 5.75 Å². The molecule has 0 radical (unpaired) electrons. The molecule has 0 aromatic heterocycles. The molecule has 2 aromatic rings. The lowest BCUT2D eigenvalue weighted by Gasteiger charge is -2.35. The predicted molar refractivity (Wildman–Crippen MR) is 113 cm³/mol. The summed E-state index contributed by atoms with van der Waals surface area (Å²) in [6.07, 6.45) is 1.16. The molecule has 6 nitrogen and oxygen atoms in total. The standard InChI is InChI=1S/C21H23N3O3S/c1-3-12-28-19-11-7-4-8-15(19)23-20(25)14-24-13-18(21(26)22-2)27-17-10-6-5-9-16(17)24/h3-11,18H,1,12-14H2,2H3,(H,22,26)(H,23,25)/t18-/m1/s1. The van der Waals surface area contributed by atoms with Gasteiger partial charge in [0, 0.05) is 17.7 Å². The number of para-hydroxylation sites is 3. The zero-order chi connectivity index (χ0) is 19.9. The average Bonchev–Trinajstić information content (AvgIpc) is 2.72. The minimum atomic E-state index is -0.664. The van der Waals surface area contributed by atoms with Gasteiger partial charge in [0.2, 0.25) is 5.91 Å². The van der Waals surface area contributed by atoms with E-state index in [-0.39, 0.29) is 18.4 Å². The average molecular weight is 398 g/mol. The molecule has 0 aliphatic carbocycles. The van der Waals surface area contributed by atoms with Crippen molar-refractivity contribution in [3.8, 4) is 5.75 Å². The molecule has 0 saturated carbocycles. The topological polar surface area (TPSA) is 70.7 Å². The molecule has 3 rings (SSSR count). The Kier molecular flexibility index (Phi) is 6.60. The summed E-state index contributed by atoms with van der Waals surface area (Å²) >= 11 is 1.61. The van der Waals surface area contributed by atoms with Crippen molar-refractivity contribution in [3.05, 3.63) is 61.2 Å². The van der Waals surface area contributed by atoms with E-state index in [0.717, 1.165) is 22.0 Å². The number of hydrogen-bond donors (Lipinski definition) is 2. The van der Waals surface area contributed by atoms with E-state index in [9.17, 15) is 9.59 Å². The highest BCUT2D eigenvalue weighted by molar-refractivity contribution is 7.99. The van der Waals surface area contributed by atoms with Gasteiger partial charge in [0.1, 0.15) is 5.75 Å². The summed E-state index contributed by atoms with van der Waals surface area (Å²) in [5.41, 5.74) is 1.57. The number of anilines is 2. The Morgan fingerprint density at radius 3 is 2.79 bits per heavy atom. The zero-order valence-electron chi connectivity index (χ0n) is 15.7. The first-order valence-electron chi connectivity index (χ1n) is 8.97. The number of rotatable bonds is 7. The van der Waals surface area contributed by atoms with Gasteiger partial charge in [-0.05, 0) is 24.3 Å². The molecule has 1 aliphatic rings. The number of carbonyl (C=O) groups is 2. The maximum atomic E-state index is 12.7. The van der Waals surface area contributed by atoms with Crippen LogP contribution in [0.1, 0.15) is 0 Å². The van der Waals surface area contributed by atoms with Crippen molar-refractivity contribution in [2.75, 3.05) is 36.1 Å². The number of hydrogen-bond acceptors (Lipinski definition) is 5. The minimum Gasteiger partial charge on any atom is -0.477 e. The van der Waals surface area contributed by atoms with E-state index in [1.807, 2.05) is 53.4 Å². The zero-order valence-corrected chi connectivity index (χ0v) is 16.5. The number of likely N-dealkylation sites (N-methyl/N-ethyl adjacent to an activating group) is 1. The third-order valence-electron chi connectivity index (χ3n) is 4.25. The molecule has 28 heavy (non-hydrogen) atoms. The Hall–Kier alpha value is -2.93. The number of amides is 2. The van der Waals surface area contributed by atoms with Crippen LogP contribution in [0, 0.1) is 0 Å². The number of nitrogens with one attached hydrogen (secondary N) is 2.